The molecule has 0 aliphatic heterocycles. The molecule has 1 aromatic rings. The van der Waals surface area contributed by atoms with Crippen LogP contribution in [0.2, 0.25) is 5.02 Å². The van der Waals surface area contributed by atoms with Crippen LogP contribution < -0.4 is 20.5 Å². The third-order valence-electron chi connectivity index (χ3n) is 2.55. The van der Waals surface area contributed by atoms with Crippen LogP contribution in [0.1, 0.15) is 33.3 Å². The topological polar surface area (TPSA) is 73.6 Å². The van der Waals surface area contributed by atoms with Gasteiger partial charge >= 0.3 is 0 Å². The molecule has 0 atom stereocenters. The Kier molecular flexibility index (Phi) is 8.60. The van der Waals surface area contributed by atoms with Crippen molar-refractivity contribution in [1.29, 1.82) is 0 Å². The summed E-state index contributed by atoms with van der Waals surface area (Å²) in [5.74, 6) is 0.292. The first-order valence-electron chi connectivity index (χ1n) is 6.84. The van der Waals surface area contributed by atoms with Gasteiger partial charge in [0.1, 0.15) is 0 Å². The normalized spacial score (nSPS) is 10.8. The fourth-order valence-electron chi connectivity index (χ4n) is 1.64. The molecule has 0 saturated heterocycles. The Labute approximate surface area is 142 Å². The summed E-state index contributed by atoms with van der Waals surface area (Å²) in [6.45, 7) is 9.01. The minimum atomic E-state index is -0.563. The van der Waals surface area contributed by atoms with E-state index in [1.165, 1.54) is 0 Å². The number of rotatable bonds is 7. The first-order chi connectivity index (χ1) is 9.73. The highest BCUT2D eigenvalue weighted by Crippen LogP contribution is 2.36. The molecule has 5 nitrogen and oxygen atoms in total. The van der Waals surface area contributed by atoms with Gasteiger partial charge < -0.3 is 20.5 Å². The van der Waals surface area contributed by atoms with Gasteiger partial charge in [-0.3, -0.25) is 4.79 Å². The molecule has 0 bridgehead atoms. The summed E-state index contributed by atoms with van der Waals surface area (Å²) in [5, 5.41) is 3.77. The number of carbonyl (C=O) groups is 1. The molecule has 0 unspecified atom stereocenters. The average Bonchev–Trinajstić information content (AvgIpc) is 2.34. The highest BCUT2D eigenvalue weighted by atomic mass is 35.5. The second kappa shape index (κ2) is 9.08. The minimum absolute atomic E-state index is 0. The number of primary amides is 1. The van der Waals surface area contributed by atoms with E-state index < -0.39 is 5.91 Å². The average molecular weight is 351 g/mol. The summed E-state index contributed by atoms with van der Waals surface area (Å²) in [4.78, 5) is 10.8. The van der Waals surface area contributed by atoms with Crippen molar-refractivity contribution in [2.75, 3.05) is 13.2 Å². The van der Waals surface area contributed by atoms with Gasteiger partial charge in [0.25, 0.3) is 5.91 Å². The van der Waals surface area contributed by atoms with Crippen LogP contribution in [0.15, 0.2) is 12.1 Å². The highest BCUT2D eigenvalue weighted by molar-refractivity contribution is 6.32. The standard InChI is InChI=1S/C15H23ClN2O3.ClH/c1-5-20-12-7-10(8-18-15(2,3)4)6-11(16)14(12)21-9-13(17)19;/h6-7,18H,5,8-9H2,1-4H3,(H2,17,19);1H. The van der Waals surface area contributed by atoms with Gasteiger partial charge in [-0.1, -0.05) is 11.6 Å². The predicted octanol–water partition coefficient (Wildman–Crippen LogP) is 2.91. The summed E-state index contributed by atoms with van der Waals surface area (Å²) in [5.41, 5.74) is 6.06. The van der Waals surface area contributed by atoms with E-state index in [0.29, 0.717) is 29.7 Å². The van der Waals surface area contributed by atoms with Gasteiger partial charge in [-0.25, -0.2) is 0 Å². The number of nitrogens with two attached hydrogens (primary N) is 1. The Morgan fingerprint density at radius 1 is 1.32 bits per heavy atom. The van der Waals surface area contributed by atoms with Crippen LogP contribution in [0.3, 0.4) is 0 Å². The second-order valence-corrected chi connectivity index (χ2v) is 6.10. The number of carbonyl (C=O) groups excluding carboxylic acids is 1. The van der Waals surface area contributed by atoms with Crippen molar-refractivity contribution < 1.29 is 14.3 Å². The van der Waals surface area contributed by atoms with E-state index in [1.807, 2.05) is 13.0 Å². The van der Waals surface area contributed by atoms with Crippen LogP contribution in [0, 0.1) is 0 Å². The first-order valence-corrected chi connectivity index (χ1v) is 7.22. The summed E-state index contributed by atoms with van der Waals surface area (Å²) in [7, 11) is 0. The van der Waals surface area contributed by atoms with Crippen molar-refractivity contribution in [1.82, 2.24) is 5.32 Å². The van der Waals surface area contributed by atoms with Crippen molar-refractivity contribution in [2.24, 2.45) is 5.73 Å². The van der Waals surface area contributed by atoms with Crippen molar-refractivity contribution in [3.05, 3.63) is 22.7 Å². The molecule has 3 N–H and O–H groups in total. The SMILES string of the molecule is CCOc1cc(CNC(C)(C)C)cc(Cl)c1OCC(N)=O.Cl. The lowest BCUT2D eigenvalue weighted by molar-refractivity contribution is -0.119. The maximum absolute atomic E-state index is 10.8. The Morgan fingerprint density at radius 2 is 1.95 bits per heavy atom. The summed E-state index contributed by atoms with van der Waals surface area (Å²) in [6.07, 6.45) is 0. The van der Waals surface area contributed by atoms with Crippen LogP contribution in [0.5, 0.6) is 11.5 Å². The summed E-state index contributed by atoms with van der Waals surface area (Å²) in [6, 6.07) is 3.64. The smallest absolute Gasteiger partial charge is 0.255 e. The van der Waals surface area contributed by atoms with Crippen LogP contribution in [-0.2, 0) is 11.3 Å². The molecule has 0 spiro atoms. The molecule has 0 aromatic heterocycles. The fourth-order valence-corrected chi connectivity index (χ4v) is 1.92. The number of hydrogen-bond acceptors (Lipinski definition) is 4. The summed E-state index contributed by atoms with van der Waals surface area (Å²) < 4.78 is 10.9. The molecule has 7 heteroatoms. The number of halogens is 2. The van der Waals surface area contributed by atoms with E-state index in [4.69, 9.17) is 26.8 Å². The molecule has 0 aliphatic carbocycles. The summed E-state index contributed by atoms with van der Waals surface area (Å²) >= 11 is 6.22. The van der Waals surface area contributed by atoms with Gasteiger partial charge in [0.05, 0.1) is 11.6 Å². The van der Waals surface area contributed by atoms with Gasteiger partial charge in [-0.15, -0.1) is 12.4 Å². The number of nitrogens with one attached hydrogen (secondary N) is 1. The number of ether oxygens (including phenoxy) is 2. The molecule has 0 radical (unpaired) electrons. The molecule has 1 amide bonds. The Hall–Kier alpha value is -1.17. The van der Waals surface area contributed by atoms with E-state index in [9.17, 15) is 4.79 Å². The lowest BCUT2D eigenvalue weighted by atomic mass is 10.1. The lowest BCUT2D eigenvalue weighted by Gasteiger charge is -2.21. The van der Waals surface area contributed by atoms with Crippen LogP contribution in [-0.4, -0.2) is 24.7 Å². The van der Waals surface area contributed by atoms with Crippen molar-refractivity contribution >= 4 is 29.9 Å². The number of hydrogen-bond donors (Lipinski definition) is 2. The Balaban J connectivity index is 0.00000441. The quantitative estimate of drug-likeness (QED) is 0.792. The van der Waals surface area contributed by atoms with E-state index in [1.54, 1.807) is 6.07 Å². The molecule has 0 heterocycles. The number of benzene rings is 1. The van der Waals surface area contributed by atoms with Gasteiger partial charge in [-0.2, -0.15) is 0 Å². The number of amides is 1. The Bertz CT molecular complexity index is 502. The molecule has 126 valence electrons. The van der Waals surface area contributed by atoms with Crippen molar-refractivity contribution in [3.8, 4) is 11.5 Å². The predicted molar refractivity (Wildman–Crippen MR) is 91.2 cm³/mol. The molecule has 1 aromatic carbocycles. The Morgan fingerprint density at radius 3 is 2.45 bits per heavy atom. The van der Waals surface area contributed by atoms with E-state index in [0.717, 1.165) is 5.56 Å². The second-order valence-electron chi connectivity index (χ2n) is 5.70. The zero-order valence-corrected chi connectivity index (χ0v) is 14.9. The monoisotopic (exact) mass is 350 g/mol. The molecule has 0 aliphatic rings. The minimum Gasteiger partial charge on any atom is -0.490 e. The molecular formula is C15H24Cl2N2O3. The van der Waals surface area contributed by atoms with Gasteiger partial charge in [0.2, 0.25) is 0 Å². The van der Waals surface area contributed by atoms with Crippen molar-refractivity contribution in [2.45, 2.75) is 39.8 Å². The first kappa shape index (κ1) is 20.8. The zero-order valence-electron chi connectivity index (χ0n) is 13.4. The molecule has 22 heavy (non-hydrogen) atoms. The van der Waals surface area contributed by atoms with E-state index in [-0.39, 0.29) is 24.6 Å². The van der Waals surface area contributed by atoms with Gasteiger partial charge in [0, 0.05) is 12.1 Å². The highest BCUT2D eigenvalue weighted by Gasteiger charge is 2.15. The molecule has 1 rings (SSSR count). The van der Waals surface area contributed by atoms with E-state index >= 15 is 0 Å². The maximum atomic E-state index is 10.8. The molecular weight excluding hydrogens is 327 g/mol. The molecule has 0 fully saturated rings. The lowest BCUT2D eigenvalue weighted by Crippen LogP contribution is -2.35. The van der Waals surface area contributed by atoms with Crippen LogP contribution in [0.25, 0.3) is 0 Å². The third kappa shape index (κ3) is 7.20. The van der Waals surface area contributed by atoms with Crippen LogP contribution in [0.4, 0.5) is 0 Å². The largest absolute Gasteiger partial charge is 0.490 e. The maximum Gasteiger partial charge on any atom is 0.255 e. The fraction of sp³-hybridized carbons (Fsp3) is 0.533. The molecule has 0 saturated carbocycles. The van der Waals surface area contributed by atoms with Crippen molar-refractivity contribution in [3.63, 3.8) is 0 Å². The van der Waals surface area contributed by atoms with Gasteiger partial charge in [0.15, 0.2) is 18.1 Å². The van der Waals surface area contributed by atoms with Crippen LogP contribution >= 0.6 is 24.0 Å². The zero-order chi connectivity index (χ0) is 16.0. The van der Waals surface area contributed by atoms with Gasteiger partial charge in [-0.05, 0) is 45.4 Å². The van der Waals surface area contributed by atoms with E-state index in [2.05, 4.69) is 26.1 Å². The third-order valence-corrected chi connectivity index (χ3v) is 2.83.